The second kappa shape index (κ2) is 3.76. The number of amidine groups is 1. The molecule has 0 aliphatic carbocycles. The lowest BCUT2D eigenvalue weighted by atomic mass is 10.1. The van der Waals surface area contributed by atoms with Gasteiger partial charge in [-0.15, -0.1) is 0 Å². The fourth-order valence-corrected chi connectivity index (χ4v) is 1.25. The van der Waals surface area contributed by atoms with Crippen LogP contribution in [0.4, 0.5) is 5.69 Å². The molecular formula is C10H16N4O. The van der Waals surface area contributed by atoms with Crippen LogP contribution in [0.25, 0.3) is 0 Å². The van der Waals surface area contributed by atoms with Crippen molar-refractivity contribution < 1.29 is 0 Å². The van der Waals surface area contributed by atoms with E-state index in [2.05, 4.69) is 10.3 Å². The average molecular weight is 208 g/mol. The molecule has 0 spiro atoms. The van der Waals surface area contributed by atoms with Gasteiger partial charge in [-0.2, -0.15) is 0 Å². The summed E-state index contributed by atoms with van der Waals surface area (Å²) in [7, 11) is 0. The van der Waals surface area contributed by atoms with Gasteiger partial charge in [-0.05, 0) is 26.8 Å². The molecule has 1 heterocycles. The van der Waals surface area contributed by atoms with Gasteiger partial charge in [0.05, 0.1) is 5.69 Å². The first-order chi connectivity index (χ1) is 6.81. The molecule has 0 fully saturated rings. The van der Waals surface area contributed by atoms with Gasteiger partial charge >= 0.3 is 0 Å². The molecule has 5 N–H and O–H groups in total. The third-order valence-corrected chi connectivity index (χ3v) is 1.74. The molecule has 0 saturated heterocycles. The Bertz CT molecular complexity index is 428. The number of nitrogens with one attached hydrogen (secondary N) is 3. The van der Waals surface area contributed by atoms with Gasteiger partial charge in [0.15, 0.2) is 0 Å². The van der Waals surface area contributed by atoms with Crippen molar-refractivity contribution in [3.8, 4) is 0 Å². The highest BCUT2D eigenvalue weighted by Crippen LogP contribution is 2.15. The lowest BCUT2D eigenvalue weighted by Gasteiger charge is -2.23. The van der Waals surface area contributed by atoms with E-state index >= 15 is 0 Å². The summed E-state index contributed by atoms with van der Waals surface area (Å²) in [5.74, 6) is -0.233. The van der Waals surface area contributed by atoms with Crippen LogP contribution < -0.4 is 16.6 Å². The van der Waals surface area contributed by atoms with E-state index in [0.717, 1.165) is 0 Å². The molecule has 0 bridgehead atoms. The smallest absolute Gasteiger partial charge is 0.261 e. The Morgan fingerprint density at radius 2 is 2.13 bits per heavy atom. The summed E-state index contributed by atoms with van der Waals surface area (Å²) in [5.41, 5.74) is 5.59. The summed E-state index contributed by atoms with van der Waals surface area (Å²) < 4.78 is 0. The normalized spacial score (nSPS) is 11.1. The first kappa shape index (κ1) is 11.3. The molecule has 0 aliphatic heterocycles. The summed E-state index contributed by atoms with van der Waals surface area (Å²) in [6.45, 7) is 5.91. The van der Waals surface area contributed by atoms with Gasteiger partial charge in [0.25, 0.3) is 5.56 Å². The van der Waals surface area contributed by atoms with E-state index in [0.29, 0.717) is 5.69 Å². The Labute approximate surface area is 88.2 Å². The molecular weight excluding hydrogens is 192 g/mol. The molecule has 0 unspecified atom stereocenters. The zero-order valence-corrected chi connectivity index (χ0v) is 9.14. The minimum Gasteiger partial charge on any atom is -0.383 e. The van der Waals surface area contributed by atoms with Gasteiger partial charge in [0, 0.05) is 11.7 Å². The molecule has 0 aliphatic rings. The molecule has 1 aromatic rings. The number of hydrogen-bond acceptors (Lipinski definition) is 3. The number of pyridine rings is 1. The van der Waals surface area contributed by atoms with Gasteiger partial charge in [0.2, 0.25) is 0 Å². The molecule has 0 atom stereocenters. The van der Waals surface area contributed by atoms with Gasteiger partial charge in [0.1, 0.15) is 11.4 Å². The van der Waals surface area contributed by atoms with Gasteiger partial charge in [-0.1, -0.05) is 0 Å². The Morgan fingerprint density at radius 1 is 1.53 bits per heavy atom. The quantitative estimate of drug-likeness (QED) is 0.429. The van der Waals surface area contributed by atoms with E-state index in [1.807, 2.05) is 20.8 Å². The Hall–Kier alpha value is -1.78. The Kier molecular flexibility index (Phi) is 2.83. The lowest BCUT2D eigenvalue weighted by molar-refractivity contribution is 0.633. The Morgan fingerprint density at radius 3 is 2.60 bits per heavy atom. The first-order valence-electron chi connectivity index (χ1n) is 4.65. The third kappa shape index (κ3) is 2.83. The van der Waals surface area contributed by atoms with E-state index in [1.54, 1.807) is 6.07 Å². The number of nitrogen functional groups attached to an aromatic ring is 1. The van der Waals surface area contributed by atoms with Gasteiger partial charge in [-0.3, -0.25) is 10.2 Å². The van der Waals surface area contributed by atoms with Crippen LogP contribution >= 0.6 is 0 Å². The van der Waals surface area contributed by atoms with Crippen LogP contribution in [0.3, 0.4) is 0 Å². The van der Waals surface area contributed by atoms with Crippen LogP contribution in [0.2, 0.25) is 0 Å². The number of nitrogens with two attached hydrogens (primary N) is 1. The number of hydrogen-bond donors (Lipinski definition) is 4. The zero-order chi connectivity index (χ0) is 11.6. The maximum Gasteiger partial charge on any atom is 0.261 e. The van der Waals surface area contributed by atoms with E-state index in [-0.39, 0.29) is 22.5 Å². The predicted octanol–water partition coefficient (Wildman–Crippen LogP) is 0.869. The van der Waals surface area contributed by atoms with Crippen molar-refractivity contribution in [3.05, 3.63) is 28.2 Å². The molecule has 5 heteroatoms. The first-order valence-corrected chi connectivity index (χ1v) is 4.65. The minimum atomic E-state index is -0.350. The van der Waals surface area contributed by atoms with Crippen LogP contribution in [-0.4, -0.2) is 16.4 Å². The van der Waals surface area contributed by atoms with E-state index < -0.39 is 0 Å². The molecule has 15 heavy (non-hydrogen) atoms. The van der Waals surface area contributed by atoms with Crippen LogP contribution in [0.5, 0.6) is 0 Å². The van der Waals surface area contributed by atoms with E-state index in [9.17, 15) is 4.79 Å². The lowest BCUT2D eigenvalue weighted by Crippen LogP contribution is -2.31. The SMILES string of the molecule is CC(C)(C)Nc1cc[nH]c(=O)c1C(=N)N. The molecule has 0 amide bonds. The molecule has 0 radical (unpaired) electrons. The van der Waals surface area contributed by atoms with Crippen LogP contribution in [-0.2, 0) is 0 Å². The van der Waals surface area contributed by atoms with Crippen molar-refractivity contribution in [3.63, 3.8) is 0 Å². The minimum absolute atomic E-state index is 0.183. The van der Waals surface area contributed by atoms with Gasteiger partial charge < -0.3 is 16.0 Å². The summed E-state index contributed by atoms with van der Waals surface area (Å²) >= 11 is 0. The van der Waals surface area contributed by atoms with E-state index in [4.69, 9.17) is 11.1 Å². The highest BCUT2D eigenvalue weighted by molar-refractivity contribution is 5.99. The third-order valence-electron chi connectivity index (χ3n) is 1.74. The number of aromatic amines is 1. The van der Waals surface area contributed by atoms with Gasteiger partial charge in [-0.25, -0.2) is 0 Å². The van der Waals surface area contributed by atoms with Crippen molar-refractivity contribution in [2.45, 2.75) is 26.3 Å². The molecule has 0 saturated carbocycles. The summed E-state index contributed by atoms with van der Waals surface area (Å²) in [6.07, 6.45) is 1.53. The Balaban J connectivity index is 3.24. The molecule has 1 aromatic heterocycles. The number of aromatic nitrogens is 1. The second-order valence-corrected chi connectivity index (χ2v) is 4.38. The zero-order valence-electron chi connectivity index (χ0n) is 9.14. The van der Waals surface area contributed by atoms with Crippen molar-refractivity contribution in [1.82, 2.24) is 4.98 Å². The standard InChI is InChI=1S/C10H16N4O/c1-10(2,3)14-6-4-5-13-9(15)7(6)8(11)12/h4-5H,1-3H3,(H3,11,12)(H2,13,14,15). The van der Waals surface area contributed by atoms with Crippen molar-refractivity contribution >= 4 is 11.5 Å². The van der Waals surface area contributed by atoms with E-state index in [1.165, 1.54) is 6.20 Å². The molecule has 5 nitrogen and oxygen atoms in total. The van der Waals surface area contributed by atoms with Crippen LogP contribution in [0.15, 0.2) is 17.1 Å². The van der Waals surface area contributed by atoms with Crippen LogP contribution in [0, 0.1) is 5.41 Å². The summed E-state index contributed by atoms with van der Waals surface area (Å²) in [6, 6.07) is 1.70. The highest BCUT2D eigenvalue weighted by atomic mass is 16.1. The summed E-state index contributed by atoms with van der Waals surface area (Å²) in [4.78, 5) is 13.9. The molecule has 1 rings (SSSR count). The number of anilines is 1. The second-order valence-electron chi connectivity index (χ2n) is 4.38. The predicted molar refractivity (Wildman–Crippen MR) is 61.5 cm³/mol. The number of rotatable bonds is 2. The largest absolute Gasteiger partial charge is 0.383 e. The average Bonchev–Trinajstić information content (AvgIpc) is 1.99. The fourth-order valence-electron chi connectivity index (χ4n) is 1.25. The highest BCUT2D eigenvalue weighted by Gasteiger charge is 2.15. The van der Waals surface area contributed by atoms with Crippen molar-refractivity contribution in [2.24, 2.45) is 5.73 Å². The van der Waals surface area contributed by atoms with Crippen LogP contribution in [0.1, 0.15) is 26.3 Å². The molecule has 0 aromatic carbocycles. The monoisotopic (exact) mass is 208 g/mol. The van der Waals surface area contributed by atoms with Crippen molar-refractivity contribution in [2.75, 3.05) is 5.32 Å². The number of H-pyrrole nitrogens is 1. The maximum atomic E-state index is 11.5. The topological polar surface area (TPSA) is 94.8 Å². The maximum absolute atomic E-state index is 11.5. The molecule has 82 valence electrons. The van der Waals surface area contributed by atoms with Crippen molar-refractivity contribution in [1.29, 1.82) is 5.41 Å². The summed E-state index contributed by atoms with van der Waals surface area (Å²) in [5, 5.41) is 10.5. The fraction of sp³-hybridized carbons (Fsp3) is 0.400.